The van der Waals surface area contributed by atoms with Crippen LogP contribution >= 0.6 is 0 Å². The van der Waals surface area contributed by atoms with Crippen molar-refractivity contribution in [1.82, 2.24) is 0 Å². The Morgan fingerprint density at radius 1 is 1.25 bits per heavy atom. The third-order valence-electron chi connectivity index (χ3n) is 2.57. The summed E-state index contributed by atoms with van der Waals surface area (Å²) >= 11 is 0. The van der Waals surface area contributed by atoms with Crippen molar-refractivity contribution >= 4 is 5.78 Å². The second-order valence-electron chi connectivity index (χ2n) is 4.30. The molecule has 0 saturated carbocycles. The highest BCUT2D eigenvalue weighted by Crippen LogP contribution is 2.17. The average molecular weight is 216 g/mol. The van der Waals surface area contributed by atoms with Gasteiger partial charge in [0.1, 0.15) is 0 Å². The summed E-state index contributed by atoms with van der Waals surface area (Å²) in [4.78, 5) is 12.2. The van der Waals surface area contributed by atoms with Gasteiger partial charge in [0.15, 0.2) is 5.78 Å². The number of rotatable bonds is 5. The maximum Gasteiger partial charge on any atom is 0.188 e. The SMILES string of the molecule is CCCC=C(C(=O)c1ccccc1)C(C)C. The van der Waals surface area contributed by atoms with E-state index in [4.69, 9.17) is 0 Å². The standard InChI is InChI=1S/C15H20O/c1-4-5-11-14(12(2)3)15(16)13-9-7-6-8-10-13/h6-12H,4-5H2,1-3H3. The molecule has 0 bridgehead atoms. The highest BCUT2D eigenvalue weighted by molar-refractivity contribution is 6.08. The van der Waals surface area contributed by atoms with Gasteiger partial charge in [-0.15, -0.1) is 0 Å². The molecule has 86 valence electrons. The Morgan fingerprint density at radius 3 is 2.38 bits per heavy atom. The number of carbonyl (C=O) groups is 1. The van der Waals surface area contributed by atoms with Crippen LogP contribution in [-0.4, -0.2) is 5.78 Å². The Balaban J connectivity index is 2.92. The number of unbranched alkanes of at least 4 members (excludes halogenated alkanes) is 1. The van der Waals surface area contributed by atoms with E-state index < -0.39 is 0 Å². The molecular weight excluding hydrogens is 196 g/mol. The molecule has 0 unspecified atom stereocenters. The molecule has 0 aliphatic rings. The van der Waals surface area contributed by atoms with Crippen LogP contribution in [0.3, 0.4) is 0 Å². The van der Waals surface area contributed by atoms with E-state index in [2.05, 4.69) is 26.8 Å². The lowest BCUT2D eigenvalue weighted by Gasteiger charge is -2.10. The van der Waals surface area contributed by atoms with Crippen molar-refractivity contribution in [3.05, 3.63) is 47.5 Å². The quantitative estimate of drug-likeness (QED) is 0.531. The fraction of sp³-hybridized carbons (Fsp3) is 0.400. The van der Waals surface area contributed by atoms with Gasteiger partial charge in [-0.1, -0.05) is 63.6 Å². The molecule has 0 saturated heterocycles. The zero-order chi connectivity index (χ0) is 12.0. The summed E-state index contributed by atoms with van der Waals surface area (Å²) in [6, 6.07) is 9.51. The minimum absolute atomic E-state index is 0.170. The molecule has 1 rings (SSSR count). The molecule has 1 nitrogen and oxygen atoms in total. The Morgan fingerprint density at radius 2 is 1.88 bits per heavy atom. The van der Waals surface area contributed by atoms with E-state index in [0.717, 1.165) is 24.0 Å². The molecular formula is C15H20O. The lowest BCUT2D eigenvalue weighted by atomic mass is 9.93. The number of ketones is 1. The normalized spacial score (nSPS) is 11.9. The third kappa shape index (κ3) is 3.34. The molecule has 0 aromatic heterocycles. The summed E-state index contributed by atoms with van der Waals surface area (Å²) in [6.45, 7) is 6.27. The molecule has 0 aliphatic heterocycles. The van der Waals surface area contributed by atoms with Crippen molar-refractivity contribution in [1.29, 1.82) is 0 Å². The number of benzene rings is 1. The van der Waals surface area contributed by atoms with Crippen molar-refractivity contribution in [3.63, 3.8) is 0 Å². The first-order valence-electron chi connectivity index (χ1n) is 5.96. The number of hydrogen-bond donors (Lipinski definition) is 0. The fourth-order valence-electron chi connectivity index (χ4n) is 1.65. The number of Topliss-reactive ketones (excluding diaryl/α,β-unsaturated/α-hetero) is 1. The predicted molar refractivity (Wildman–Crippen MR) is 68.6 cm³/mol. The van der Waals surface area contributed by atoms with E-state index in [0.29, 0.717) is 5.92 Å². The molecule has 0 aliphatic carbocycles. The molecule has 0 radical (unpaired) electrons. The first-order chi connectivity index (χ1) is 7.66. The lowest BCUT2D eigenvalue weighted by molar-refractivity contribution is 0.102. The van der Waals surface area contributed by atoms with Gasteiger partial charge in [-0.25, -0.2) is 0 Å². The van der Waals surface area contributed by atoms with Crippen LogP contribution in [0.5, 0.6) is 0 Å². The number of hydrogen-bond acceptors (Lipinski definition) is 1. The topological polar surface area (TPSA) is 17.1 Å². The van der Waals surface area contributed by atoms with Crippen LogP contribution in [0.4, 0.5) is 0 Å². The summed E-state index contributed by atoms with van der Waals surface area (Å²) < 4.78 is 0. The molecule has 1 heteroatoms. The highest BCUT2D eigenvalue weighted by Gasteiger charge is 2.14. The van der Waals surface area contributed by atoms with Crippen LogP contribution in [0.25, 0.3) is 0 Å². The van der Waals surface area contributed by atoms with Gasteiger partial charge < -0.3 is 0 Å². The molecule has 1 aromatic carbocycles. The Labute approximate surface area is 98.2 Å². The number of allylic oxidation sites excluding steroid dienone is 2. The van der Waals surface area contributed by atoms with Crippen LogP contribution in [0.2, 0.25) is 0 Å². The summed E-state index contributed by atoms with van der Waals surface area (Å²) in [7, 11) is 0. The maximum absolute atomic E-state index is 12.2. The zero-order valence-electron chi connectivity index (χ0n) is 10.4. The van der Waals surface area contributed by atoms with E-state index in [1.165, 1.54) is 0 Å². The van der Waals surface area contributed by atoms with E-state index in [-0.39, 0.29) is 5.78 Å². The molecule has 0 fully saturated rings. The Bertz CT molecular complexity index is 360. The van der Waals surface area contributed by atoms with Gasteiger partial charge in [-0.05, 0) is 17.9 Å². The fourth-order valence-corrected chi connectivity index (χ4v) is 1.65. The first-order valence-corrected chi connectivity index (χ1v) is 5.96. The zero-order valence-corrected chi connectivity index (χ0v) is 10.4. The molecule has 0 atom stereocenters. The summed E-state index contributed by atoms with van der Waals surface area (Å²) in [5.41, 5.74) is 1.73. The van der Waals surface area contributed by atoms with E-state index in [1.807, 2.05) is 30.3 Å². The van der Waals surface area contributed by atoms with Gasteiger partial charge in [-0.2, -0.15) is 0 Å². The van der Waals surface area contributed by atoms with Gasteiger partial charge >= 0.3 is 0 Å². The van der Waals surface area contributed by atoms with Gasteiger partial charge in [0.05, 0.1) is 0 Å². The largest absolute Gasteiger partial charge is 0.289 e. The van der Waals surface area contributed by atoms with Crippen LogP contribution in [0, 0.1) is 5.92 Å². The van der Waals surface area contributed by atoms with Gasteiger partial charge in [0, 0.05) is 5.56 Å². The van der Waals surface area contributed by atoms with Crippen molar-refractivity contribution in [2.75, 3.05) is 0 Å². The molecule has 0 heterocycles. The Hall–Kier alpha value is -1.37. The second kappa shape index (κ2) is 6.26. The van der Waals surface area contributed by atoms with Crippen molar-refractivity contribution in [2.24, 2.45) is 5.92 Å². The Kier molecular flexibility index (Phi) is 4.97. The third-order valence-corrected chi connectivity index (χ3v) is 2.57. The first kappa shape index (κ1) is 12.7. The van der Waals surface area contributed by atoms with Crippen LogP contribution in [-0.2, 0) is 0 Å². The molecule has 1 aromatic rings. The van der Waals surface area contributed by atoms with Crippen LogP contribution < -0.4 is 0 Å². The van der Waals surface area contributed by atoms with Crippen molar-refractivity contribution in [2.45, 2.75) is 33.6 Å². The molecule has 0 spiro atoms. The minimum Gasteiger partial charge on any atom is -0.289 e. The van der Waals surface area contributed by atoms with Gasteiger partial charge in [0.2, 0.25) is 0 Å². The van der Waals surface area contributed by atoms with Crippen LogP contribution in [0.1, 0.15) is 44.0 Å². The smallest absolute Gasteiger partial charge is 0.188 e. The lowest BCUT2D eigenvalue weighted by Crippen LogP contribution is -2.08. The van der Waals surface area contributed by atoms with Crippen molar-refractivity contribution < 1.29 is 4.79 Å². The van der Waals surface area contributed by atoms with E-state index >= 15 is 0 Å². The van der Waals surface area contributed by atoms with E-state index in [9.17, 15) is 4.79 Å². The monoisotopic (exact) mass is 216 g/mol. The van der Waals surface area contributed by atoms with Crippen LogP contribution in [0.15, 0.2) is 42.0 Å². The predicted octanol–water partition coefficient (Wildman–Crippen LogP) is 4.25. The molecule has 0 N–H and O–H groups in total. The van der Waals surface area contributed by atoms with Gasteiger partial charge in [-0.3, -0.25) is 4.79 Å². The van der Waals surface area contributed by atoms with Gasteiger partial charge in [0.25, 0.3) is 0 Å². The highest BCUT2D eigenvalue weighted by atomic mass is 16.1. The van der Waals surface area contributed by atoms with Crippen molar-refractivity contribution in [3.8, 4) is 0 Å². The summed E-state index contributed by atoms with van der Waals surface area (Å²) in [6.07, 6.45) is 4.14. The summed E-state index contributed by atoms with van der Waals surface area (Å²) in [5.74, 6) is 0.461. The minimum atomic E-state index is 0.170. The van der Waals surface area contributed by atoms with E-state index in [1.54, 1.807) is 0 Å². The summed E-state index contributed by atoms with van der Waals surface area (Å²) in [5, 5.41) is 0. The maximum atomic E-state index is 12.2. The average Bonchev–Trinajstić information content (AvgIpc) is 2.30. The molecule has 0 amide bonds. The second-order valence-corrected chi connectivity index (χ2v) is 4.30. The number of carbonyl (C=O) groups excluding carboxylic acids is 1. The molecule has 16 heavy (non-hydrogen) atoms.